The van der Waals surface area contributed by atoms with Crippen LogP contribution in [0.1, 0.15) is 44.7 Å². The molecule has 0 saturated carbocycles. The molecule has 0 bridgehead atoms. The zero-order chi connectivity index (χ0) is 29.4. The summed E-state index contributed by atoms with van der Waals surface area (Å²) in [6.45, 7) is 2.16. The molecule has 0 spiro atoms. The molecule has 2 amide bonds. The lowest BCUT2D eigenvalue weighted by molar-refractivity contribution is -0.771. The number of para-hydroxylation sites is 1. The third-order valence-electron chi connectivity index (χ3n) is 6.59. The van der Waals surface area contributed by atoms with Crippen LogP contribution < -0.4 is 10.2 Å². The predicted molar refractivity (Wildman–Crippen MR) is 159 cm³/mol. The summed E-state index contributed by atoms with van der Waals surface area (Å²) in [5.41, 5.74) is 5.61. The van der Waals surface area contributed by atoms with Gasteiger partial charge in [0.15, 0.2) is 6.54 Å². The molecule has 0 aliphatic carbocycles. The Labute approximate surface area is 238 Å². The quantitative estimate of drug-likeness (QED) is 0.0989. The Morgan fingerprint density at radius 1 is 0.878 bits per heavy atom. The number of nitrogens with zero attached hydrogens (tertiary/aromatic N) is 2. The molecule has 0 aliphatic heterocycles. The third-order valence-corrected chi connectivity index (χ3v) is 6.59. The summed E-state index contributed by atoms with van der Waals surface area (Å²) in [4.78, 5) is 38.7. The van der Waals surface area contributed by atoms with Gasteiger partial charge in [0, 0.05) is 30.3 Å². The van der Waals surface area contributed by atoms with E-state index >= 15 is 0 Å². The number of amides is 2. The minimum absolute atomic E-state index is 0.0549. The van der Waals surface area contributed by atoms with E-state index in [4.69, 9.17) is 5.11 Å². The summed E-state index contributed by atoms with van der Waals surface area (Å²) in [7, 11) is 1.64. The number of rotatable bonds is 10. The number of carbonyl (C=O) groups is 3. The second-order valence-electron chi connectivity index (χ2n) is 9.66. The Bertz CT molecular complexity index is 1580. The minimum Gasteiger partial charge on any atom is -0.481 e. The van der Waals surface area contributed by atoms with Crippen LogP contribution in [0.2, 0.25) is 0 Å². The number of carboxylic acids is 1. The Kier molecular flexibility index (Phi) is 9.27. The largest absolute Gasteiger partial charge is 0.481 e. The number of hydrogen-bond donors (Lipinski definition) is 3. The normalized spacial score (nSPS) is 11.1. The summed E-state index contributed by atoms with van der Waals surface area (Å²) in [5.74, 6) is -1.45. The van der Waals surface area contributed by atoms with Crippen LogP contribution in [-0.2, 0) is 4.79 Å². The van der Waals surface area contributed by atoms with Crippen LogP contribution >= 0.6 is 0 Å². The lowest BCUT2D eigenvalue weighted by Crippen LogP contribution is -2.27. The van der Waals surface area contributed by atoms with E-state index in [9.17, 15) is 19.6 Å². The average Bonchev–Trinajstić information content (AvgIpc) is 2.97. The van der Waals surface area contributed by atoms with Crippen LogP contribution in [0.3, 0.4) is 0 Å². The van der Waals surface area contributed by atoms with E-state index < -0.39 is 5.97 Å². The van der Waals surface area contributed by atoms with Crippen molar-refractivity contribution in [1.82, 2.24) is 0 Å². The predicted octanol–water partition coefficient (Wildman–Crippen LogP) is 5.88. The first-order valence-electron chi connectivity index (χ1n) is 13.2. The number of aliphatic carboxylic acids is 1. The van der Waals surface area contributed by atoms with Crippen LogP contribution in [0.5, 0.6) is 0 Å². The van der Waals surface area contributed by atoms with Gasteiger partial charge in [0.05, 0.1) is 17.7 Å². The van der Waals surface area contributed by atoms with Crippen LogP contribution in [0.25, 0.3) is 11.1 Å². The fourth-order valence-corrected chi connectivity index (χ4v) is 4.38. The van der Waals surface area contributed by atoms with Crippen molar-refractivity contribution in [3.8, 4) is 11.1 Å². The molecule has 3 N–H and O–H groups in total. The second-order valence-corrected chi connectivity index (χ2v) is 9.66. The summed E-state index contributed by atoms with van der Waals surface area (Å²) in [6, 6.07) is 29.2. The number of hydrogen-bond acceptors (Lipinski definition) is 4. The van der Waals surface area contributed by atoms with Gasteiger partial charge in [-0.3, -0.25) is 19.6 Å². The van der Waals surface area contributed by atoms with Gasteiger partial charge in [-0.2, -0.15) is 0 Å². The van der Waals surface area contributed by atoms with Crippen molar-refractivity contribution in [3.63, 3.8) is 0 Å². The molecule has 0 atom stereocenters. The van der Waals surface area contributed by atoms with Gasteiger partial charge in [-0.05, 0) is 65.3 Å². The number of anilines is 2. The highest BCUT2D eigenvalue weighted by atomic mass is 16.5. The smallest absolute Gasteiger partial charge is 0.303 e. The number of carboxylic acid groups (broad SMARTS) is 1. The molecular formula is C33H32N3O5+. The van der Waals surface area contributed by atoms with Crippen molar-refractivity contribution in [2.45, 2.75) is 19.8 Å². The summed E-state index contributed by atoms with van der Waals surface area (Å²) in [5, 5.41) is 21.9. The Morgan fingerprint density at radius 3 is 2.24 bits per heavy atom. The van der Waals surface area contributed by atoms with E-state index in [2.05, 4.69) is 5.32 Å². The number of carbonyl (C=O) groups excluding carboxylic acids is 2. The average molecular weight is 551 g/mol. The molecule has 0 saturated heterocycles. The fraction of sp³-hybridized carbons (Fsp3) is 0.152. The highest BCUT2D eigenvalue weighted by molar-refractivity contribution is 6.10. The van der Waals surface area contributed by atoms with E-state index in [0.717, 1.165) is 21.4 Å². The monoisotopic (exact) mass is 550 g/mol. The van der Waals surface area contributed by atoms with Crippen molar-refractivity contribution in [2.24, 2.45) is 0 Å². The second kappa shape index (κ2) is 13.2. The van der Waals surface area contributed by atoms with Crippen molar-refractivity contribution in [2.75, 3.05) is 23.8 Å². The standard InChI is InChI=1S/C33H31N3O5/c1-23-13-15-24(16-14-23)28-9-4-5-10-29(28)32(39)34-27-19-17-25(18-20-27)33(40)35(2)30-11-6-3-8-26(30)22-36(41)21-7-12-31(37)38/h3-6,8-11,13-20,22H,7,12,21H2,1-2H3,(H2-,34,37,38,39,40,41)/p+1. The third kappa shape index (κ3) is 7.45. The molecule has 0 aromatic heterocycles. The summed E-state index contributed by atoms with van der Waals surface area (Å²) >= 11 is 0. The Morgan fingerprint density at radius 2 is 1.54 bits per heavy atom. The molecule has 0 fully saturated rings. The maximum atomic E-state index is 13.3. The lowest BCUT2D eigenvalue weighted by atomic mass is 9.98. The van der Waals surface area contributed by atoms with Gasteiger partial charge in [-0.25, -0.2) is 0 Å². The van der Waals surface area contributed by atoms with E-state index in [1.165, 1.54) is 11.1 Å². The van der Waals surface area contributed by atoms with E-state index in [0.29, 0.717) is 28.1 Å². The van der Waals surface area contributed by atoms with Gasteiger partial charge in [-0.15, -0.1) is 0 Å². The van der Waals surface area contributed by atoms with Crippen molar-refractivity contribution >= 4 is 35.4 Å². The van der Waals surface area contributed by atoms with E-state index in [-0.39, 0.29) is 31.2 Å². The van der Waals surface area contributed by atoms with Crippen LogP contribution in [-0.4, -0.2) is 52.6 Å². The zero-order valence-corrected chi connectivity index (χ0v) is 22.9. The first kappa shape index (κ1) is 28.8. The highest BCUT2D eigenvalue weighted by Crippen LogP contribution is 2.25. The molecule has 0 unspecified atom stereocenters. The molecule has 4 rings (SSSR count). The topological polar surface area (TPSA) is 110 Å². The molecule has 8 heteroatoms. The highest BCUT2D eigenvalue weighted by Gasteiger charge is 2.18. The van der Waals surface area contributed by atoms with E-state index in [1.54, 1.807) is 61.6 Å². The number of aryl methyl sites for hydroxylation is 1. The van der Waals surface area contributed by atoms with Gasteiger partial charge in [-0.1, -0.05) is 60.2 Å². The van der Waals surface area contributed by atoms with Gasteiger partial charge in [0.1, 0.15) is 0 Å². The molecule has 41 heavy (non-hydrogen) atoms. The van der Waals surface area contributed by atoms with Crippen LogP contribution in [0.15, 0.2) is 97.1 Å². The SMILES string of the molecule is Cc1ccc(-c2ccccc2C(=O)Nc2ccc(C(=O)N(C)c3ccccc3C=[N+](O)CCCC(=O)O)cc2)cc1. The maximum Gasteiger partial charge on any atom is 0.303 e. The van der Waals surface area contributed by atoms with E-state index in [1.807, 2.05) is 49.4 Å². The molecule has 4 aromatic carbocycles. The fourth-order valence-electron chi connectivity index (χ4n) is 4.38. The first-order valence-corrected chi connectivity index (χ1v) is 13.2. The van der Waals surface area contributed by atoms with Crippen LogP contribution in [0.4, 0.5) is 11.4 Å². The molecule has 0 heterocycles. The lowest BCUT2D eigenvalue weighted by Gasteiger charge is -2.19. The maximum absolute atomic E-state index is 13.3. The number of hydroxylamine groups is 1. The van der Waals surface area contributed by atoms with Gasteiger partial charge < -0.3 is 15.3 Å². The number of nitrogens with one attached hydrogen (secondary N) is 1. The summed E-state index contributed by atoms with van der Waals surface area (Å²) in [6.07, 6.45) is 1.69. The molecule has 4 aromatic rings. The molecule has 0 aliphatic rings. The first-order chi connectivity index (χ1) is 19.7. The number of benzene rings is 4. The molecular weight excluding hydrogens is 518 g/mol. The van der Waals surface area contributed by atoms with Crippen molar-refractivity contribution in [1.29, 1.82) is 0 Å². The van der Waals surface area contributed by atoms with Crippen molar-refractivity contribution < 1.29 is 29.4 Å². The van der Waals surface area contributed by atoms with Crippen molar-refractivity contribution in [3.05, 3.63) is 119 Å². The Hall–Kier alpha value is -5.24. The molecule has 0 radical (unpaired) electrons. The zero-order valence-electron chi connectivity index (χ0n) is 22.9. The molecule has 208 valence electrons. The van der Waals surface area contributed by atoms with Crippen LogP contribution in [0, 0.1) is 6.92 Å². The summed E-state index contributed by atoms with van der Waals surface area (Å²) < 4.78 is 0.925. The van der Waals surface area contributed by atoms with Gasteiger partial charge in [0.25, 0.3) is 11.8 Å². The Balaban J connectivity index is 1.47. The molecule has 8 nitrogen and oxygen atoms in total. The van der Waals surface area contributed by atoms with Gasteiger partial charge >= 0.3 is 5.97 Å². The van der Waals surface area contributed by atoms with Gasteiger partial charge in [0.2, 0.25) is 6.21 Å². The minimum atomic E-state index is -0.929.